The quantitative estimate of drug-likeness (QED) is 0.803. The minimum atomic E-state index is -0.745. The molecule has 1 unspecified atom stereocenters. The van der Waals surface area contributed by atoms with E-state index in [4.69, 9.17) is 5.73 Å². The van der Waals surface area contributed by atoms with E-state index in [1.807, 2.05) is 16.9 Å². The van der Waals surface area contributed by atoms with Gasteiger partial charge in [-0.1, -0.05) is 19.3 Å². The molecule has 0 amide bonds. The minimum Gasteiger partial charge on any atom is -0.481 e. The van der Waals surface area contributed by atoms with E-state index in [1.54, 1.807) is 0 Å². The minimum absolute atomic E-state index is 0.367. The predicted molar refractivity (Wildman–Crippen MR) is 77.5 cm³/mol. The van der Waals surface area contributed by atoms with Crippen molar-refractivity contribution in [3.05, 3.63) is 18.0 Å². The van der Waals surface area contributed by atoms with Crippen molar-refractivity contribution in [1.29, 1.82) is 0 Å². The van der Waals surface area contributed by atoms with Crippen molar-refractivity contribution in [2.45, 2.75) is 57.4 Å². The molecule has 1 aliphatic carbocycles. The SMILES string of the molecule is NCCCC(Cc1ccn(C2CCCCC2)n1)C(=O)O. The smallest absolute Gasteiger partial charge is 0.306 e. The van der Waals surface area contributed by atoms with Crippen molar-refractivity contribution in [2.75, 3.05) is 6.54 Å². The van der Waals surface area contributed by atoms with Crippen molar-refractivity contribution in [3.63, 3.8) is 0 Å². The number of aromatic nitrogens is 2. The first-order valence-corrected chi connectivity index (χ1v) is 7.67. The van der Waals surface area contributed by atoms with E-state index in [2.05, 4.69) is 5.10 Å². The number of carbonyl (C=O) groups is 1. The Morgan fingerprint density at radius 1 is 1.45 bits per heavy atom. The molecular formula is C15H25N3O2. The van der Waals surface area contributed by atoms with Crippen LogP contribution in [0.25, 0.3) is 0 Å². The van der Waals surface area contributed by atoms with Crippen LogP contribution in [-0.2, 0) is 11.2 Å². The van der Waals surface area contributed by atoms with Gasteiger partial charge in [0.1, 0.15) is 0 Å². The summed E-state index contributed by atoms with van der Waals surface area (Å²) in [5, 5.41) is 13.8. The van der Waals surface area contributed by atoms with E-state index < -0.39 is 5.97 Å². The molecule has 20 heavy (non-hydrogen) atoms. The van der Waals surface area contributed by atoms with Gasteiger partial charge in [0.05, 0.1) is 17.7 Å². The molecule has 1 saturated carbocycles. The normalized spacial score (nSPS) is 18.1. The Morgan fingerprint density at radius 2 is 2.20 bits per heavy atom. The van der Waals surface area contributed by atoms with Gasteiger partial charge in [-0.3, -0.25) is 9.48 Å². The van der Waals surface area contributed by atoms with Gasteiger partial charge < -0.3 is 10.8 Å². The lowest BCUT2D eigenvalue weighted by atomic mass is 9.96. The van der Waals surface area contributed by atoms with Crippen LogP contribution >= 0.6 is 0 Å². The zero-order chi connectivity index (χ0) is 14.4. The molecule has 0 aromatic carbocycles. The van der Waals surface area contributed by atoms with Gasteiger partial charge in [-0.2, -0.15) is 5.10 Å². The summed E-state index contributed by atoms with van der Waals surface area (Å²) in [4.78, 5) is 11.2. The summed E-state index contributed by atoms with van der Waals surface area (Å²) in [6.07, 6.45) is 10.1. The van der Waals surface area contributed by atoms with E-state index >= 15 is 0 Å². The molecule has 0 radical (unpaired) electrons. The molecule has 0 saturated heterocycles. The molecule has 1 aliphatic rings. The summed E-state index contributed by atoms with van der Waals surface area (Å²) in [6.45, 7) is 0.542. The Morgan fingerprint density at radius 3 is 2.85 bits per heavy atom. The number of aliphatic carboxylic acids is 1. The topological polar surface area (TPSA) is 81.1 Å². The van der Waals surface area contributed by atoms with Crippen molar-refractivity contribution < 1.29 is 9.90 Å². The molecule has 1 atom stereocenters. The lowest BCUT2D eigenvalue weighted by Crippen LogP contribution is -2.19. The number of nitrogens with zero attached hydrogens (tertiary/aromatic N) is 2. The van der Waals surface area contributed by atoms with E-state index in [1.165, 1.54) is 32.1 Å². The molecule has 1 aromatic heterocycles. The molecule has 0 spiro atoms. The highest BCUT2D eigenvalue weighted by molar-refractivity contribution is 5.70. The highest BCUT2D eigenvalue weighted by atomic mass is 16.4. The number of carboxylic acids is 1. The second-order valence-electron chi connectivity index (χ2n) is 5.75. The summed E-state index contributed by atoms with van der Waals surface area (Å²) < 4.78 is 2.04. The Kier molecular flexibility index (Phi) is 5.59. The van der Waals surface area contributed by atoms with Gasteiger partial charge in [0.2, 0.25) is 0 Å². The maximum absolute atomic E-state index is 11.2. The van der Waals surface area contributed by atoms with Gasteiger partial charge in [0.25, 0.3) is 0 Å². The van der Waals surface area contributed by atoms with E-state index in [-0.39, 0.29) is 5.92 Å². The first-order chi connectivity index (χ1) is 9.70. The molecule has 1 aromatic rings. The predicted octanol–water partition coefficient (Wildman–Crippen LogP) is 2.37. The third-order valence-electron chi connectivity index (χ3n) is 4.17. The average molecular weight is 279 g/mol. The number of nitrogens with two attached hydrogens (primary N) is 1. The zero-order valence-electron chi connectivity index (χ0n) is 12.0. The van der Waals surface area contributed by atoms with Gasteiger partial charge in [-0.05, 0) is 38.3 Å². The van der Waals surface area contributed by atoms with E-state index in [0.717, 1.165) is 12.1 Å². The van der Waals surface area contributed by atoms with Gasteiger partial charge >= 0.3 is 5.97 Å². The Bertz CT molecular complexity index is 425. The lowest BCUT2D eigenvalue weighted by Gasteiger charge is -2.21. The highest BCUT2D eigenvalue weighted by Crippen LogP contribution is 2.27. The third-order valence-corrected chi connectivity index (χ3v) is 4.17. The summed E-state index contributed by atoms with van der Waals surface area (Å²) in [5.74, 6) is -1.11. The molecule has 0 aliphatic heterocycles. The van der Waals surface area contributed by atoms with E-state index in [0.29, 0.717) is 25.4 Å². The lowest BCUT2D eigenvalue weighted by molar-refractivity contribution is -0.142. The van der Waals surface area contributed by atoms with Crippen molar-refractivity contribution in [1.82, 2.24) is 9.78 Å². The zero-order valence-corrected chi connectivity index (χ0v) is 12.0. The van der Waals surface area contributed by atoms with Crippen LogP contribution in [0.2, 0.25) is 0 Å². The second kappa shape index (κ2) is 7.43. The van der Waals surface area contributed by atoms with Crippen LogP contribution < -0.4 is 5.73 Å². The van der Waals surface area contributed by atoms with Gasteiger partial charge in [-0.25, -0.2) is 0 Å². The van der Waals surface area contributed by atoms with Crippen molar-refractivity contribution in [3.8, 4) is 0 Å². The fraction of sp³-hybridized carbons (Fsp3) is 0.733. The van der Waals surface area contributed by atoms with Crippen LogP contribution in [0.1, 0.15) is 56.7 Å². The summed E-state index contributed by atoms with van der Waals surface area (Å²) in [6, 6.07) is 2.47. The number of carboxylic acid groups (broad SMARTS) is 1. The van der Waals surface area contributed by atoms with Crippen molar-refractivity contribution >= 4 is 5.97 Å². The van der Waals surface area contributed by atoms with Crippen molar-refractivity contribution in [2.24, 2.45) is 11.7 Å². The van der Waals surface area contributed by atoms with Gasteiger partial charge in [0.15, 0.2) is 0 Å². The van der Waals surface area contributed by atoms with Crippen LogP contribution in [-0.4, -0.2) is 27.4 Å². The summed E-state index contributed by atoms with van der Waals surface area (Å²) in [7, 11) is 0. The summed E-state index contributed by atoms with van der Waals surface area (Å²) >= 11 is 0. The Hall–Kier alpha value is -1.36. The van der Waals surface area contributed by atoms with E-state index in [9.17, 15) is 9.90 Å². The molecule has 2 rings (SSSR count). The average Bonchev–Trinajstić information content (AvgIpc) is 2.92. The van der Waals surface area contributed by atoms with Crippen LogP contribution in [0.4, 0.5) is 0 Å². The monoisotopic (exact) mass is 279 g/mol. The second-order valence-corrected chi connectivity index (χ2v) is 5.75. The first kappa shape index (κ1) is 15.0. The Balaban J connectivity index is 1.94. The maximum atomic E-state index is 11.2. The van der Waals surface area contributed by atoms with Crippen LogP contribution in [0.5, 0.6) is 0 Å². The molecule has 5 heteroatoms. The molecule has 1 fully saturated rings. The maximum Gasteiger partial charge on any atom is 0.306 e. The van der Waals surface area contributed by atoms with Gasteiger partial charge in [-0.15, -0.1) is 0 Å². The number of rotatable bonds is 7. The summed E-state index contributed by atoms with van der Waals surface area (Å²) in [5.41, 5.74) is 6.35. The molecular weight excluding hydrogens is 254 g/mol. The number of hydrogen-bond acceptors (Lipinski definition) is 3. The molecule has 112 valence electrons. The molecule has 5 nitrogen and oxygen atoms in total. The molecule has 0 bridgehead atoms. The first-order valence-electron chi connectivity index (χ1n) is 7.67. The Labute approximate surface area is 120 Å². The fourth-order valence-electron chi connectivity index (χ4n) is 2.96. The fourth-order valence-corrected chi connectivity index (χ4v) is 2.96. The largest absolute Gasteiger partial charge is 0.481 e. The third kappa shape index (κ3) is 4.07. The number of hydrogen-bond donors (Lipinski definition) is 2. The standard InChI is InChI=1S/C15H25N3O2/c16-9-4-5-12(15(19)20)11-13-8-10-18(17-13)14-6-2-1-3-7-14/h8,10,12,14H,1-7,9,11,16H2,(H,19,20). The molecule has 3 N–H and O–H groups in total. The van der Waals surface area contributed by atoms with Crippen LogP contribution in [0.3, 0.4) is 0 Å². The molecule has 1 heterocycles. The highest BCUT2D eigenvalue weighted by Gasteiger charge is 2.20. The van der Waals surface area contributed by atoms with Crippen LogP contribution in [0, 0.1) is 5.92 Å². The van der Waals surface area contributed by atoms with Gasteiger partial charge in [0, 0.05) is 12.6 Å². The van der Waals surface area contributed by atoms with Crippen LogP contribution in [0.15, 0.2) is 12.3 Å².